The summed E-state index contributed by atoms with van der Waals surface area (Å²) in [7, 11) is 3.18. The molecule has 0 unspecified atom stereocenters. The van der Waals surface area contributed by atoms with Gasteiger partial charge in [0.25, 0.3) is 5.91 Å². The summed E-state index contributed by atoms with van der Waals surface area (Å²) in [5, 5.41) is 6.03. The number of carbonyl (C=O) groups is 3. The maximum absolute atomic E-state index is 13.6. The third-order valence-electron chi connectivity index (χ3n) is 7.10. The Balaban J connectivity index is 1.59. The van der Waals surface area contributed by atoms with E-state index in [2.05, 4.69) is 10.6 Å². The number of amides is 3. The molecule has 2 atom stereocenters. The summed E-state index contributed by atoms with van der Waals surface area (Å²) in [6.07, 6.45) is 2.57. The van der Waals surface area contributed by atoms with Crippen molar-refractivity contribution in [3.05, 3.63) is 42.0 Å². The molecule has 0 radical (unpaired) electrons. The van der Waals surface area contributed by atoms with E-state index in [1.165, 1.54) is 0 Å². The Morgan fingerprint density at radius 2 is 1.86 bits per heavy atom. The highest BCUT2D eigenvalue weighted by Gasteiger charge is 2.40. The lowest BCUT2D eigenvalue weighted by Crippen LogP contribution is -2.55. The van der Waals surface area contributed by atoms with Gasteiger partial charge in [0.15, 0.2) is 0 Å². The molecule has 2 aliphatic rings. The van der Waals surface area contributed by atoms with Crippen LogP contribution in [0.15, 0.2) is 36.4 Å². The maximum Gasteiger partial charge on any atom is 0.256 e. The van der Waals surface area contributed by atoms with Gasteiger partial charge in [-0.2, -0.15) is 0 Å². The monoisotopic (exact) mass is 479 g/mol. The van der Waals surface area contributed by atoms with Crippen LogP contribution >= 0.6 is 0 Å². The van der Waals surface area contributed by atoms with Crippen molar-refractivity contribution >= 4 is 23.4 Å². The Labute approximate surface area is 206 Å². The molecule has 0 saturated carbocycles. The SMILES string of the molecule is CCC(CC)C(=O)N[C@H]1CCN2C(=O)c3cc(-c4ccc(OC)cc4OC)ccc3NC(=O)[C@@H]2C1. The molecule has 186 valence electrons. The molecule has 2 aromatic rings. The van der Waals surface area contributed by atoms with E-state index in [0.717, 1.165) is 24.0 Å². The van der Waals surface area contributed by atoms with Crippen LogP contribution in [0.5, 0.6) is 11.5 Å². The molecule has 0 aliphatic carbocycles. The lowest BCUT2D eigenvalue weighted by molar-refractivity contribution is -0.127. The van der Waals surface area contributed by atoms with Gasteiger partial charge in [-0.3, -0.25) is 14.4 Å². The van der Waals surface area contributed by atoms with Gasteiger partial charge in [-0.15, -0.1) is 0 Å². The summed E-state index contributed by atoms with van der Waals surface area (Å²) >= 11 is 0. The minimum Gasteiger partial charge on any atom is -0.497 e. The number of methoxy groups -OCH3 is 2. The van der Waals surface area contributed by atoms with Gasteiger partial charge in [0, 0.05) is 30.1 Å². The summed E-state index contributed by atoms with van der Waals surface area (Å²) in [6, 6.07) is 10.2. The van der Waals surface area contributed by atoms with E-state index < -0.39 is 6.04 Å². The summed E-state index contributed by atoms with van der Waals surface area (Å²) in [6.45, 7) is 4.40. The molecule has 2 N–H and O–H groups in total. The second-order valence-electron chi connectivity index (χ2n) is 9.07. The van der Waals surface area contributed by atoms with E-state index in [1.807, 2.05) is 32.0 Å². The number of fused-ring (bicyclic) bond motifs is 2. The molecule has 2 aromatic carbocycles. The zero-order chi connectivity index (χ0) is 25.1. The first-order valence-electron chi connectivity index (χ1n) is 12.2. The van der Waals surface area contributed by atoms with Crippen LogP contribution < -0.4 is 20.1 Å². The Morgan fingerprint density at radius 3 is 2.54 bits per heavy atom. The van der Waals surface area contributed by atoms with Crippen molar-refractivity contribution < 1.29 is 23.9 Å². The number of nitrogens with zero attached hydrogens (tertiary/aromatic N) is 1. The van der Waals surface area contributed by atoms with Crippen LogP contribution in [0.25, 0.3) is 11.1 Å². The molecule has 1 fully saturated rings. The largest absolute Gasteiger partial charge is 0.497 e. The smallest absolute Gasteiger partial charge is 0.256 e. The maximum atomic E-state index is 13.6. The fourth-order valence-electron chi connectivity index (χ4n) is 4.97. The van der Waals surface area contributed by atoms with Crippen LogP contribution in [-0.4, -0.2) is 55.5 Å². The van der Waals surface area contributed by atoms with Gasteiger partial charge in [-0.1, -0.05) is 19.9 Å². The Hall–Kier alpha value is -3.55. The Kier molecular flexibility index (Phi) is 7.28. The minimum absolute atomic E-state index is 0.0233. The minimum atomic E-state index is -0.630. The second kappa shape index (κ2) is 10.4. The molecule has 8 nitrogen and oxygen atoms in total. The molecule has 2 aliphatic heterocycles. The molecule has 2 heterocycles. The highest BCUT2D eigenvalue weighted by atomic mass is 16.5. The second-order valence-corrected chi connectivity index (χ2v) is 9.07. The van der Waals surface area contributed by atoms with Gasteiger partial charge in [-0.25, -0.2) is 0 Å². The van der Waals surface area contributed by atoms with Crippen LogP contribution in [0.4, 0.5) is 5.69 Å². The molecule has 8 heteroatoms. The lowest BCUT2D eigenvalue weighted by atomic mass is 9.94. The van der Waals surface area contributed by atoms with Gasteiger partial charge in [-0.05, 0) is 55.5 Å². The van der Waals surface area contributed by atoms with E-state index in [0.29, 0.717) is 42.1 Å². The van der Waals surface area contributed by atoms with Crippen molar-refractivity contribution in [1.82, 2.24) is 10.2 Å². The molecular weight excluding hydrogens is 446 g/mol. The number of rotatable bonds is 7. The summed E-state index contributed by atoms with van der Waals surface area (Å²) < 4.78 is 10.8. The van der Waals surface area contributed by atoms with E-state index in [-0.39, 0.29) is 29.7 Å². The van der Waals surface area contributed by atoms with E-state index in [1.54, 1.807) is 37.3 Å². The summed E-state index contributed by atoms with van der Waals surface area (Å²) in [5.74, 6) is 0.869. The highest BCUT2D eigenvalue weighted by Crippen LogP contribution is 2.37. The van der Waals surface area contributed by atoms with Gasteiger partial charge < -0.3 is 25.0 Å². The highest BCUT2D eigenvalue weighted by molar-refractivity contribution is 6.10. The van der Waals surface area contributed by atoms with Crippen molar-refractivity contribution in [3.63, 3.8) is 0 Å². The van der Waals surface area contributed by atoms with E-state index in [4.69, 9.17) is 9.47 Å². The molecule has 0 aromatic heterocycles. The average molecular weight is 480 g/mol. The van der Waals surface area contributed by atoms with Crippen molar-refractivity contribution in [2.45, 2.75) is 51.6 Å². The number of piperidine rings is 1. The predicted octanol–water partition coefficient (Wildman–Crippen LogP) is 3.85. The fourth-order valence-corrected chi connectivity index (χ4v) is 4.97. The van der Waals surface area contributed by atoms with Crippen molar-refractivity contribution in [2.24, 2.45) is 5.92 Å². The number of anilines is 1. The molecule has 35 heavy (non-hydrogen) atoms. The molecule has 3 amide bonds. The quantitative estimate of drug-likeness (QED) is 0.629. The normalized spacial score (nSPS) is 19.4. The molecule has 0 bridgehead atoms. The average Bonchev–Trinajstić information content (AvgIpc) is 2.98. The van der Waals surface area contributed by atoms with Gasteiger partial charge >= 0.3 is 0 Å². The van der Waals surface area contributed by atoms with Crippen LogP contribution in [-0.2, 0) is 9.59 Å². The Bertz CT molecular complexity index is 1130. The summed E-state index contributed by atoms with van der Waals surface area (Å²) in [4.78, 5) is 40.9. The Morgan fingerprint density at radius 1 is 1.09 bits per heavy atom. The van der Waals surface area contributed by atoms with Crippen molar-refractivity contribution in [3.8, 4) is 22.6 Å². The molecule has 1 saturated heterocycles. The first-order valence-corrected chi connectivity index (χ1v) is 12.2. The fraction of sp³-hybridized carbons (Fsp3) is 0.444. The lowest BCUT2D eigenvalue weighted by Gasteiger charge is -2.37. The number of hydrogen-bond acceptors (Lipinski definition) is 5. The molecule has 4 rings (SSSR count). The third-order valence-corrected chi connectivity index (χ3v) is 7.10. The zero-order valence-corrected chi connectivity index (χ0v) is 20.7. The van der Waals surface area contributed by atoms with E-state index in [9.17, 15) is 14.4 Å². The van der Waals surface area contributed by atoms with E-state index >= 15 is 0 Å². The van der Waals surface area contributed by atoms with Crippen LogP contribution in [0, 0.1) is 5.92 Å². The number of benzene rings is 2. The molecule has 0 spiro atoms. The topological polar surface area (TPSA) is 97.0 Å². The predicted molar refractivity (Wildman–Crippen MR) is 134 cm³/mol. The number of carbonyl (C=O) groups excluding carboxylic acids is 3. The van der Waals surface area contributed by atoms with Crippen molar-refractivity contribution in [1.29, 1.82) is 0 Å². The standard InChI is InChI=1S/C27H33N3O5/c1-5-16(6-2)25(31)28-18-11-12-30-23(14-18)26(32)29-22-10-7-17(13-21(22)27(30)33)20-9-8-19(34-3)15-24(20)35-4/h7-10,13,15-16,18,23H,5-6,11-12,14H2,1-4H3,(H,28,31)(H,29,32)/t18-,23-/m0/s1. The first-order chi connectivity index (χ1) is 16.9. The third kappa shape index (κ3) is 4.83. The van der Waals surface area contributed by atoms with Crippen LogP contribution in [0.3, 0.4) is 0 Å². The number of hydrogen-bond donors (Lipinski definition) is 2. The van der Waals surface area contributed by atoms with Crippen molar-refractivity contribution in [2.75, 3.05) is 26.1 Å². The van der Waals surface area contributed by atoms with Gasteiger partial charge in [0.1, 0.15) is 17.5 Å². The van der Waals surface area contributed by atoms with Gasteiger partial charge in [0.05, 0.1) is 25.5 Å². The molecular formula is C27H33N3O5. The summed E-state index contributed by atoms with van der Waals surface area (Å²) in [5.41, 5.74) is 2.55. The zero-order valence-electron chi connectivity index (χ0n) is 20.7. The first kappa shape index (κ1) is 24.6. The van der Waals surface area contributed by atoms with Crippen LogP contribution in [0.1, 0.15) is 49.9 Å². The number of ether oxygens (including phenoxy) is 2. The van der Waals surface area contributed by atoms with Gasteiger partial charge in [0.2, 0.25) is 11.8 Å². The number of nitrogens with one attached hydrogen (secondary N) is 2. The van der Waals surface area contributed by atoms with Crippen LogP contribution in [0.2, 0.25) is 0 Å².